The highest BCUT2D eigenvalue weighted by atomic mass is 16.5. The first-order chi connectivity index (χ1) is 34.0. The van der Waals surface area contributed by atoms with E-state index in [1.807, 2.05) is 6.08 Å². The maximum atomic E-state index is 12.5. The van der Waals surface area contributed by atoms with Gasteiger partial charge in [-0.2, -0.15) is 0 Å². The molecular formula is C63H115NO5. The Bertz CT molecular complexity index is 1210. The highest BCUT2D eigenvalue weighted by molar-refractivity contribution is 5.76. The van der Waals surface area contributed by atoms with E-state index in [0.29, 0.717) is 19.4 Å². The maximum Gasteiger partial charge on any atom is 0.305 e. The van der Waals surface area contributed by atoms with Crippen LogP contribution >= 0.6 is 0 Å². The quantitative estimate of drug-likeness (QED) is 0.0244. The van der Waals surface area contributed by atoms with Gasteiger partial charge in [-0.15, -0.1) is 0 Å². The zero-order chi connectivity index (χ0) is 50.0. The molecule has 6 nitrogen and oxygen atoms in total. The van der Waals surface area contributed by atoms with Crippen LogP contribution < -0.4 is 5.32 Å². The van der Waals surface area contributed by atoms with Gasteiger partial charge in [-0.05, 0) is 96.3 Å². The zero-order valence-corrected chi connectivity index (χ0v) is 45.8. The van der Waals surface area contributed by atoms with E-state index in [9.17, 15) is 19.8 Å². The first kappa shape index (κ1) is 66.6. The molecule has 0 bridgehead atoms. The number of nitrogens with one attached hydrogen (secondary N) is 1. The fraction of sp³-hybridized carbons (Fsp3) is 0.810. The number of unbranched alkanes of at least 4 members (excludes halogenated alkanes) is 37. The second kappa shape index (κ2) is 58.1. The molecule has 0 heterocycles. The Morgan fingerprint density at radius 1 is 0.420 bits per heavy atom. The summed E-state index contributed by atoms with van der Waals surface area (Å²) >= 11 is 0. The summed E-state index contributed by atoms with van der Waals surface area (Å²) in [6, 6.07) is -0.637. The van der Waals surface area contributed by atoms with Crippen molar-refractivity contribution < 1.29 is 24.5 Å². The molecule has 6 heteroatoms. The van der Waals surface area contributed by atoms with Crippen LogP contribution in [0.25, 0.3) is 0 Å². The predicted molar refractivity (Wildman–Crippen MR) is 301 cm³/mol. The number of rotatable bonds is 55. The molecule has 0 aromatic rings. The molecule has 1 amide bonds. The van der Waals surface area contributed by atoms with Crippen LogP contribution in [0.5, 0.6) is 0 Å². The minimum Gasteiger partial charge on any atom is -0.466 e. The van der Waals surface area contributed by atoms with Gasteiger partial charge in [0, 0.05) is 12.8 Å². The van der Waals surface area contributed by atoms with E-state index in [4.69, 9.17) is 4.74 Å². The third-order valence-corrected chi connectivity index (χ3v) is 13.5. The molecule has 0 aliphatic heterocycles. The highest BCUT2D eigenvalue weighted by Crippen LogP contribution is 2.16. The van der Waals surface area contributed by atoms with Gasteiger partial charge < -0.3 is 20.3 Å². The molecule has 0 fully saturated rings. The number of hydrogen-bond donors (Lipinski definition) is 3. The standard InChI is InChI=1S/C63H115NO5/c1-3-5-7-9-11-13-15-17-19-20-25-29-33-37-41-45-49-53-57-63(68)69-58-54-50-46-42-38-34-30-26-23-21-22-24-28-32-36-40-44-48-52-56-62(67)64-60(59-65)61(66)55-51-47-43-39-35-31-27-18-16-14-12-10-8-6-4-2/h13,15,19-20,26,30,34,38,51,55,60-61,65-66H,3-12,14,16-18,21-25,27-29,31-33,35-37,39-50,52-54,56-59H2,1-2H3,(H,64,67)/b15-13-,20-19-,30-26-,38-34-,55-51+. The fourth-order valence-corrected chi connectivity index (χ4v) is 8.89. The number of hydrogen-bond acceptors (Lipinski definition) is 5. The number of carbonyl (C=O) groups excluding carboxylic acids is 2. The van der Waals surface area contributed by atoms with E-state index in [1.165, 1.54) is 193 Å². The van der Waals surface area contributed by atoms with Crippen molar-refractivity contribution in [3.05, 3.63) is 60.8 Å². The van der Waals surface area contributed by atoms with Crippen LogP contribution in [0.15, 0.2) is 60.8 Å². The molecule has 0 radical (unpaired) electrons. The van der Waals surface area contributed by atoms with Gasteiger partial charge in [0.1, 0.15) is 0 Å². The lowest BCUT2D eigenvalue weighted by atomic mass is 10.0. The number of ether oxygens (including phenoxy) is 1. The maximum absolute atomic E-state index is 12.5. The Morgan fingerprint density at radius 2 is 0.768 bits per heavy atom. The number of aliphatic hydroxyl groups excluding tert-OH is 2. The molecule has 3 N–H and O–H groups in total. The molecule has 0 aliphatic rings. The lowest BCUT2D eigenvalue weighted by Crippen LogP contribution is -2.45. The topological polar surface area (TPSA) is 95.9 Å². The first-order valence-electron chi connectivity index (χ1n) is 30.1. The zero-order valence-electron chi connectivity index (χ0n) is 45.8. The van der Waals surface area contributed by atoms with E-state index in [-0.39, 0.29) is 18.5 Å². The Balaban J connectivity index is 3.51. The van der Waals surface area contributed by atoms with E-state index in [2.05, 4.69) is 67.8 Å². The average molecular weight is 967 g/mol. The predicted octanol–water partition coefficient (Wildman–Crippen LogP) is 18.7. The minimum atomic E-state index is -0.852. The summed E-state index contributed by atoms with van der Waals surface area (Å²) in [5, 5.41) is 23.1. The van der Waals surface area contributed by atoms with Gasteiger partial charge in [-0.1, -0.05) is 254 Å². The third kappa shape index (κ3) is 54.7. The Kier molecular flexibility index (Phi) is 56.1. The van der Waals surface area contributed by atoms with Gasteiger partial charge in [0.2, 0.25) is 5.91 Å². The summed E-state index contributed by atoms with van der Waals surface area (Å²) in [5.74, 6) is -0.100. The van der Waals surface area contributed by atoms with Crippen LogP contribution in [-0.2, 0) is 14.3 Å². The van der Waals surface area contributed by atoms with Crippen LogP contribution in [0.2, 0.25) is 0 Å². The van der Waals surface area contributed by atoms with Crippen molar-refractivity contribution in [3.63, 3.8) is 0 Å². The van der Waals surface area contributed by atoms with Crippen LogP contribution in [0.1, 0.15) is 303 Å². The molecule has 69 heavy (non-hydrogen) atoms. The Hall–Kier alpha value is -2.44. The fourth-order valence-electron chi connectivity index (χ4n) is 8.89. The number of amides is 1. The van der Waals surface area contributed by atoms with E-state index in [0.717, 1.165) is 83.5 Å². The minimum absolute atomic E-state index is 0.0221. The van der Waals surface area contributed by atoms with Gasteiger partial charge in [0.15, 0.2) is 0 Å². The second-order valence-electron chi connectivity index (χ2n) is 20.3. The summed E-state index contributed by atoms with van der Waals surface area (Å²) in [4.78, 5) is 24.5. The van der Waals surface area contributed by atoms with Crippen LogP contribution in [-0.4, -0.2) is 47.4 Å². The molecule has 0 aromatic heterocycles. The molecule has 2 unspecified atom stereocenters. The van der Waals surface area contributed by atoms with Crippen molar-refractivity contribution in [1.82, 2.24) is 5.32 Å². The van der Waals surface area contributed by atoms with E-state index in [1.54, 1.807) is 6.08 Å². The second-order valence-corrected chi connectivity index (χ2v) is 20.3. The third-order valence-electron chi connectivity index (χ3n) is 13.5. The molecule has 0 aromatic carbocycles. The normalized spacial score (nSPS) is 13.0. The lowest BCUT2D eigenvalue weighted by molar-refractivity contribution is -0.143. The van der Waals surface area contributed by atoms with Crippen molar-refractivity contribution in [2.75, 3.05) is 13.2 Å². The van der Waals surface area contributed by atoms with Crippen LogP contribution in [0.3, 0.4) is 0 Å². The summed E-state index contributed by atoms with van der Waals surface area (Å²) < 4.78 is 5.46. The van der Waals surface area contributed by atoms with Crippen molar-refractivity contribution in [1.29, 1.82) is 0 Å². The molecular weight excluding hydrogens is 851 g/mol. The molecule has 402 valence electrons. The number of esters is 1. The van der Waals surface area contributed by atoms with Crippen molar-refractivity contribution in [3.8, 4) is 0 Å². The first-order valence-corrected chi connectivity index (χ1v) is 30.1. The van der Waals surface area contributed by atoms with Gasteiger partial charge in [-0.3, -0.25) is 9.59 Å². The van der Waals surface area contributed by atoms with Gasteiger partial charge in [0.05, 0.1) is 25.4 Å². The Morgan fingerprint density at radius 3 is 1.20 bits per heavy atom. The van der Waals surface area contributed by atoms with Crippen molar-refractivity contribution in [2.45, 2.75) is 315 Å². The summed E-state index contributed by atoms with van der Waals surface area (Å²) in [7, 11) is 0. The molecule has 0 saturated carbocycles. The van der Waals surface area contributed by atoms with Crippen molar-refractivity contribution in [2.24, 2.45) is 0 Å². The molecule has 0 saturated heterocycles. The van der Waals surface area contributed by atoms with Crippen molar-refractivity contribution >= 4 is 11.9 Å². The van der Waals surface area contributed by atoms with E-state index >= 15 is 0 Å². The molecule has 2 atom stereocenters. The SMILES string of the molecule is CCCCCC/C=C\C/C=C\CCCCCCCCCC(=O)OCCCCC/C=C\C=C/CCCCCCCCCCCCC(=O)NC(CO)C(O)/C=C/CCCCCCCCCCCCCCC. The molecule has 0 rings (SSSR count). The van der Waals surface area contributed by atoms with E-state index < -0.39 is 12.1 Å². The van der Waals surface area contributed by atoms with Gasteiger partial charge >= 0.3 is 5.97 Å². The summed E-state index contributed by atoms with van der Waals surface area (Å²) in [5.41, 5.74) is 0. The largest absolute Gasteiger partial charge is 0.466 e. The highest BCUT2D eigenvalue weighted by Gasteiger charge is 2.18. The monoisotopic (exact) mass is 966 g/mol. The smallest absolute Gasteiger partial charge is 0.305 e. The van der Waals surface area contributed by atoms with Crippen LogP contribution in [0.4, 0.5) is 0 Å². The summed E-state index contributed by atoms with van der Waals surface area (Å²) in [6.07, 6.45) is 75.3. The van der Waals surface area contributed by atoms with Gasteiger partial charge in [-0.25, -0.2) is 0 Å². The number of carbonyl (C=O) groups is 2. The lowest BCUT2D eigenvalue weighted by Gasteiger charge is -2.20. The molecule has 0 aliphatic carbocycles. The average Bonchev–Trinajstić information content (AvgIpc) is 3.35. The van der Waals surface area contributed by atoms with Crippen LogP contribution in [0, 0.1) is 0 Å². The molecule has 0 spiro atoms. The summed E-state index contributed by atoms with van der Waals surface area (Å²) in [6.45, 7) is 4.84. The van der Waals surface area contributed by atoms with Gasteiger partial charge in [0.25, 0.3) is 0 Å². The Labute approximate surface area is 428 Å². The number of allylic oxidation sites excluding steroid dienone is 9. The number of aliphatic hydroxyl groups is 2.